The minimum Gasteiger partial charge on any atom is -0.350 e. The maximum absolute atomic E-state index is 4.54. The number of para-hydroxylation sites is 1. The Kier molecular flexibility index (Phi) is 4.51. The van der Waals surface area contributed by atoms with Crippen molar-refractivity contribution in [3.63, 3.8) is 0 Å². The van der Waals surface area contributed by atoms with Crippen LogP contribution in [0.1, 0.15) is 51.0 Å². The highest BCUT2D eigenvalue weighted by Crippen LogP contribution is 2.26. The molecule has 22 heavy (non-hydrogen) atoms. The Morgan fingerprint density at radius 1 is 1.14 bits per heavy atom. The van der Waals surface area contributed by atoms with Crippen molar-refractivity contribution in [2.24, 2.45) is 0 Å². The molecule has 0 aliphatic heterocycles. The monoisotopic (exact) mass is 297 g/mol. The summed E-state index contributed by atoms with van der Waals surface area (Å²) in [7, 11) is 0. The number of benzene rings is 1. The molecule has 5 heteroatoms. The van der Waals surface area contributed by atoms with E-state index in [1.54, 1.807) is 6.20 Å². The highest BCUT2D eigenvalue weighted by molar-refractivity contribution is 5.61. The third-order valence-electron chi connectivity index (χ3n) is 4.09. The van der Waals surface area contributed by atoms with E-state index in [9.17, 15) is 0 Å². The van der Waals surface area contributed by atoms with E-state index in [1.807, 2.05) is 6.07 Å². The van der Waals surface area contributed by atoms with Gasteiger partial charge in [0.2, 0.25) is 5.95 Å². The molecule has 1 aromatic heterocycles. The van der Waals surface area contributed by atoms with Gasteiger partial charge in [0.05, 0.1) is 6.20 Å². The van der Waals surface area contributed by atoms with E-state index in [-0.39, 0.29) is 0 Å². The van der Waals surface area contributed by atoms with Gasteiger partial charge in [-0.15, -0.1) is 5.10 Å². The van der Waals surface area contributed by atoms with Gasteiger partial charge in [-0.05, 0) is 30.4 Å². The van der Waals surface area contributed by atoms with Crippen LogP contribution in [-0.4, -0.2) is 21.2 Å². The average Bonchev–Trinajstić information content (AvgIpc) is 3.01. The molecule has 1 heterocycles. The maximum atomic E-state index is 4.54. The van der Waals surface area contributed by atoms with E-state index in [2.05, 4.69) is 57.9 Å². The fourth-order valence-corrected chi connectivity index (χ4v) is 2.93. The number of anilines is 3. The lowest BCUT2D eigenvalue weighted by atomic mass is 10.0. The number of hydrogen-bond donors (Lipinski definition) is 2. The van der Waals surface area contributed by atoms with Gasteiger partial charge in [-0.25, -0.2) is 0 Å². The minimum absolute atomic E-state index is 0.453. The van der Waals surface area contributed by atoms with Gasteiger partial charge in [0.25, 0.3) is 0 Å². The average molecular weight is 297 g/mol. The molecule has 0 bridgehead atoms. The molecular formula is C17H23N5. The first kappa shape index (κ1) is 14.8. The summed E-state index contributed by atoms with van der Waals surface area (Å²) in [6.45, 7) is 4.37. The van der Waals surface area contributed by atoms with E-state index >= 15 is 0 Å². The Balaban J connectivity index is 1.75. The fourth-order valence-electron chi connectivity index (χ4n) is 2.93. The SMILES string of the molecule is CC(C)c1ccccc1Nc1cnnc(NC2CCCC2)n1. The molecular weight excluding hydrogens is 274 g/mol. The third-order valence-corrected chi connectivity index (χ3v) is 4.09. The summed E-state index contributed by atoms with van der Waals surface area (Å²) in [6, 6.07) is 8.78. The van der Waals surface area contributed by atoms with Crippen LogP contribution in [0.25, 0.3) is 0 Å². The van der Waals surface area contributed by atoms with Crippen LogP contribution in [0, 0.1) is 0 Å². The fraction of sp³-hybridized carbons (Fsp3) is 0.471. The van der Waals surface area contributed by atoms with Crippen molar-refractivity contribution in [3.8, 4) is 0 Å². The second kappa shape index (κ2) is 6.73. The van der Waals surface area contributed by atoms with Crippen LogP contribution in [-0.2, 0) is 0 Å². The predicted octanol–water partition coefficient (Wildman–Crippen LogP) is 4.09. The van der Waals surface area contributed by atoms with Crippen LogP contribution in [0.2, 0.25) is 0 Å². The molecule has 2 aromatic rings. The largest absolute Gasteiger partial charge is 0.350 e. The normalized spacial score (nSPS) is 15.2. The van der Waals surface area contributed by atoms with E-state index in [0.717, 1.165) is 11.5 Å². The van der Waals surface area contributed by atoms with Crippen LogP contribution in [0.5, 0.6) is 0 Å². The Bertz CT molecular complexity index is 620. The van der Waals surface area contributed by atoms with Crippen molar-refractivity contribution in [3.05, 3.63) is 36.0 Å². The predicted molar refractivity (Wildman–Crippen MR) is 89.5 cm³/mol. The highest BCUT2D eigenvalue weighted by Gasteiger charge is 2.16. The van der Waals surface area contributed by atoms with Gasteiger partial charge in [0, 0.05) is 11.7 Å². The Labute approximate surface area is 131 Å². The lowest BCUT2D eigenvalue weighted by Gasteiger charge is -2.15. The quantitative estimate of drug-likeness (QED) is 0.870. The lowest BCUT2D eigenvalue weighted by Crippen LogP contribution is -2.17. The van der Waals surface area contributed by atoms with Gasteiger partial charge in [-0.3, -0.25) is 0 Å². The molecule has 1 saturated carbocycles. The second-order valence-corrected chi connectivity index (χ2v) is 6.16. The standard InChI is InChI=1S/C17H23N5/c1-12(2)14-9-5-6-10-15(14)20-16-11-18-22-17(21-16)19-13-7-3-4-8-13/h5-6,9-13H,3-4,7-8H2,1-2H3,(H2,19,20,21,22). The summed E-state index contributed by atoms with van der Waals surface area (Å²) in [5.74, 6) is 1.79. The molecule has 0 spiro atoms. The zero-order valence-electron chi connectivity index (χ0n) is 13.2. The molecule has 3 rings (SSSR count). The summed E-state index contributed by atoms with van der Waals surface area (Å²) in [6.07, 6.45) is 6.61. The molecule has 0 saturated heterocycles. The summed E-state index contributed by atoms with van der Waals surface area (Å²) in [4.78, 5) is 4.54. The first-order valence-electron chi connectivity index (χ1n) is 8.04. The van der Waals surface area contributed by atoms with Crippen molar-refractivity contribution >= 4 is 17.5 Å². The molecule has 0 amide bonds. The molecule has 1 aliphatic rings. The molecule has 1 aromatic carbocycles. The van der Waals surface area contributed by atoms with Gasteiger partial charge in [0.15, 0.2) is 5.82 Å². The highest BCUT2D eigenvalue weighted by atomic mass is 15.3. The van der Waals surface area contributed by atoms with Crippen LogP contribution in [0.4, 0.5) is 17.5 Å². The summed E-state index contributed by atoms with van der Waals surface area (Å²) >= 11 is 0. The topological polar surface area (TPSA) is 62.7 Å². The zero-order valence-corrected chi connectivity index (χ0v) is 13.2. The summed E-state index contributed by atoms with van der Waals surface area (Å²) < 4.78 is 0. The molecule has 5 nitrogen and oxygen atoms in total. The smallest absolute Gasteiger partial charge is 0.244 e. The summed E-state index contributed by atoms with van der Waals surface area (Å²) in [5.41, 5.74) is 2.34. The van der Waals surface area contributed by atoms with Crippen molar-refractivity contribution < 1.29 is 0 Å². The molecule has 116 valence electrons. The van der Waals surface area contributed by atoms with E-state index < -0.39 is 0 Å². The van der Waals surface area contributed by atoms with Crippen LogP contribution in [0.15, 0.2) is 30.5 Å². The molecule has 2 N–H and O–H groups in total. The molecule has 0 unspecified atom stereocenters. The van der Waals surface area contributed by atoms with Crippen LogP contribution >= 0.6 is 0 Å². The molecule has 1 fully saturated rings. The number of nitrogens with zero attached hydrogens (tertiary/aromatic N) is 3. The van der Waals surface area contributed by atoms with E-state index in [0.29, 0.717) is 17.9 Å². The third kappa shape index (κ3) is 3.53. The van der Waals surface area contributed by atoms with Gasteiger partial charge < -0.3 is 10.6 Å². The minimum atomic E-state index is 0.453. The summed E-state index contributed by atoms with van der Waals surface area (Å²) in [5, 5.41) is 14.9. The lowest BCUT2D eigenvalue weighted by molar-refractivity contribution is 0.738. The first-order valence-corrected chi connectivity index (χ1v) is 8.04. The van der Waals surface area contributed by atoms with Gasteiger partial charge >= 0.3 is 0 Å². The van der Waals surface area contributed by atoms with Gasteiger partial charge in [-0.1, -0.05) is 44.9 Å². The number of aromatic nitrogens is 3. The van der Waals surface area contributed by atoms with E-state index in [4.69, 9.17) is 0 Å². The van der Waals surface area contributed by atoms with E-state index in [1.165, 1.54) is 31.2 Å². The Morgan fingerprint density at radius 2 is 1.91 bits per heavy atom. The van der Waals surface area contributed by atoms with Crippen molar-refractivity contribution in [1.29, 1.82) is 0 Å². The first-order chi connectivity index (χ1) is 10.7. The number of rotatable bonds is 5. The Hall–Kier alpha value is -2.17. The van der Waals surface area contributed by atoms with Gasteiger partial charge in [-0.2, -0.15) is 10.1 Å². The molecule has 1 aliphatic carbocycles. The van der Waals surface area contributed by atoms with Crippen LogP contribution < -0.4 is 10.6 Å². The zero-order chi connectivity index (χ0) is 15.4. The van der Waals surface area contributed by atoms with Crippen LogP contribution in [0.3, 0.4) is 0 Å². The molecule has 0 radical (unpaired) electrons. The second-order valence-electron chi connectivity index (χ2n) is 6.16. The maximum Gasteiger partial charge on any atom is 0.244 e. The van der Waals surface area contributed by atoms with Crippen molar-refractivity contribution in [1.82, 2.24) is 15.2 Å². The number of hydrogen-bond acceptors (Lipinski definition) is 5. The van der Waals surface area contributed by atoms with Crippen molar-refractivity contribution in [2.45, 2.75) is 51.5 Å². The Morgan fingerprint density at radius 3 is 2.68 bits per heavy atom. The van der Waals surface area contributed by atoms with Gasteiger partial charge in [0.1, 0.15) is 0 Å². The number of nitrogens with one attached hydrogen (secondary N) is 2. The molecule has 0 atom stereocenters. The van der Waals surface area contributed by atoms with Crippen molar-refractivity contribution in [2.75, 3.05) is 10.6 Å².